The van der Waals surface area contributed by atoms with Gasteiger partial charge >= 0.3 is 6.18 Å². The lowest BCUT2D eigenvalue weighted by molar-refractivity contribution is -0.221. The average Bonchev–Trinajstić information content (AvgIpc) is 2.64. The van der Waals surface area contributed by atoms with E-state index in [4.69, 9.17) is 0 Å². The molecule has 0 spiro atoms. The van der Waals surface area contributed by atoms with Crippen molar-refractivity contribution in [2.75, 3.05) is 26.7 Å². The van der Waals surface area contributed by atoms with Crippen LogP contribution in [0.2, 0.25) is 0 Å². The van der Waals surface area contributed by atoms with Crippen molar-refractivity contribution in [1.82, 2.24) is 10.2 Å². The molecule has 1 rings (SSSR count). The van der Waals surface area contributed by atoms with Gasteiger partial charge in [-0.05, 0) is 19.9 Å². The first kappa shape index (κ1) is 12.3. The van der Waals surface area contributed by atoms with Crippen LogP contribution >= 0.6 is 0 Å². The maximum atomic E-state index is 12.9. The molecule has 1 atom stereocenters. The van der Waals surface area contributed by atoms with Gasteiger partial charge in [0.2, 0.25) is 5.91 Å². The summed E-state index contributed by atoms with van der Waals surface area (Å²) < 4.78 is 38.6. The Kier molecular flexibility index (Phi) is 3.28. The molecule has 0 aromatic rings. The zero-order valence-electron chi connectivity index (χ0n) is 8.82. The van der Waals surface area contributed by atoms with Gasteiger partial charge in [-0.3, -0.25) is 4.79 Å². The Bertz CT molecular complexity index is 246. The summed E-state index contributed by atoms with van der Waals surface area (Å²) in [6.07, 6.45) is -4.64. The van der Waals surface area contributed by atoms with Crippen molar-refractivity contribution in [1.29, 1.82) is 0 Å². The molecule has 0 aromatic heterocycles. The van der Waals surface area contributed by atoms with E-state index in [1.807, 2.05) is 0 Å². The standard InChI is InChI=1S/C9H15F3N2O/c1-3-14(2)7(15)8(9(10,11)12)4-5-13-6-8/h13H,3-6H2,1-2H3. The molecule has 1 aliphatic rings. The third kappa shape index (κ3) is 1.95. The second-order valence-electron chi connectivity index (χ2n) is 3.83. The van der Waals surface area contributed by atoms with Gasteiger partial charge in [0.25, 0.3) is 0 Å². The number of carbonyl (C=O) groups excluding carboxylic acids is 1. The molecule has 1 amide bonds. The summed E-state index contributed by atoms with van der Waals surface area (Å²) in [5, 5.41) is 2.61. The van der Waals surface area contributed by atoms with E-state index in [1.54, 1.807) is 6.92 Å². The summed E-state index contributed by atoms with van der Waals surface area (Å²) in [5.74, 6) is -0.831. The zero-order chi connectivity index (χ0) is 11.7. The molecule has 1 fully saturated rings. The van der Waals surface area contributed by atoms with Gasteiger partial charge in [-0.15, -0.1) is 0 Å². The number of hydrogen-bond donors (Lipinski definition) is 1. The highest BCUT2D eigenvalue weighted by atomic mass is 19.4. The number of nitrogens with zero attached hydrogens (tertiary/aromatic N) is 1. The molecule has 88 valence electrons. The summed E-state index contributed by atoms with van der Waals surface area (Å²) in [6, 6.07) is 0. The first-order valence-corrected chi connectivity index (χ1v) is 4.88. The number of halogens is 3. The van der Waals surface area contributed by atoms with E-state index in [0.29, 0.717) is 0 Å². The third-order valence-electron chi connectivity index (χ3n) is 2.93. The van der Waals surface area contributed by atoms with E-state index in [1.165, 1.54) is 7.05 Å². The predicted octanol–water partition coefficient (Wildman–Crippen LogP) is 1.01. The van der Waals surface area contributed by atoms with Gasteiger partial charge in [-0.25, -0.2) is 0 Å². The van der Waals surface area contributed by atoms with E-state index in [9.17, 15) is 18.0 Å². The molecular formula is C9H15F3N2O. The lowest BCUT2D eigenvalue weighted by Gasteiger charge is -2.32. The summed E-state index contributed by atoms with van der Waals surface area (Å²) in [4.78, 5) is 12.8. The van der Waals surface area contributed by atoms with Gasteiger partial charge in [-0.2, -0.15) is 13.2 Å². The fourth-order valence-electron chi connectivity index (χ4n) is 1.75. The van der Waals surface area contributed by atoms with Crippen LogP contribution in [0.25, 0.3) is 0 Å². The molecule has 3 nitrogen and oxygen atoms in total. The van der Waals surface area contributed by atoms with E-state index in [2.05, 4.69) is 5.32 Å². The Labute approximate surface area is 86.6 Å². The van der Waals surface area contributed by atoms with Crippen molar-refractivity contribution >= 4 is 5.91 Å². The molecule has 0 saturated carbocycles. The Morgan fingerprint density at radius 2 is 2.13 bits per heavy atom. The molecule has 1 N–H and O–H groups in total. The summed E-state index contributed by atoms with van der Waals surface area (Å²) in [7, 11) is 1.40. The molecule has 0 bridgehead atoms. The van der Waals surface area contributed by atoms with Gasteiger partial charge in [0.05, 0.1) is 0 Å². The normalized spacial score (nSPS) is 26.7. The second-order valence-corrected chi connectivity index (χ2v) is 3.83. The summed E-state index contributed by atoms with van der Waals surface area (Å²) >= 11 is 0. The van der Waals surface area contributed by atoms with Gasteiger partial charge in [-0.1, -0.05) is 0 Å². The van der Waals surface area contributed by atoms with Crippen molar-refractivity contribution in [3.05, 3.63) is 0 Å². The Morgan fingerprint density at radius 3 is 2.47 bits per heavy atom. The van der Waals surface area contributed by atoms with E-state index >= 15 is 0 Å². The molecule has 1 unspecified atom stereocenters. The second kappa shape index (κ2) is 4.00. The first-order valence-electron chi connectivity index (χ1n) is 4.88. The smallest absolute Gasteiger partial charge is 0.345 e. The van der Waals surface area contributed by atoms with Gasteiger partial charge < -0.3 is 10.2 Å². The predicted molar refractivity (Wildman–Crippen MR) is 49.3 cm³/mol. The Balaban J connectivity index is 2.97. The van der Waals surface area contributed by atoms with Crippen LogP contribution in [0.15, 0.2) is 0 Å². The molecular weight excluding hydrogens is 209 g/mol. The van der Waals surface area contributed by atoms with Crippen LogP contribution in [0, 0.1) is 5.41 Å². The number of hydrogen-bond acceptors (Lipinski definition) is 2. The number of carbonyl (C=O) groups is 1. The Morgan fingerprint density at radius 1 is 1.53 bits per heavy atom. The molecule has 0 radical (unpaired) electrons. The highest BCUT2D eigenvalue weighted by Crippen LogP contribution is 2.44. The monoisotopic (exact) mass is 224 g/mol. The van der Waals surface area contributed by atoms with Crippen LogP contribution in [-0.4, -0.2) is 43.7 Å². The lowest BCUT2D eigenvalue weighted by atomic mass is 9.84. The summed E-state index contributed by atoms with van der Waals surface area (Å²) in [5.41, 5.74) is -2.21. The van der Waals surface area contributed by atoms with Crippen LogP contribution in [-0.2, 0) is 4.79 Å². The molecule has 15 heavy (non-hydrogen) atoms. The minimum Gasteiger partial charge on any atom is -0.345 e. The highest BCUT2D eigenvalue weighted by Gasteiger charge is 2.61. The number of alkyl halides is 3. The quantitative estimate of drug-likeness (QED) is 0.759. The van der Waals surface area contributed by atoms with Crippen LogP contribution in [0.3, 0.4) is 0 Å². The maximum Gasteiger partial charge on any atom is 0.404 e. The maximum absolute atomic E-state index is 12.9. The minimum absolute atomic E-state index is 0.167. The van der Waals surface area contributed by atoms with E-state index < -0.39 is 17.5 Å². The van der Waals surface area contributed by atoms with E-state index in [-0.39, 0.29) is 26.1 Å². The van der Waals surface area contributed by atoms with Crippen LogP contribution < -0.4 is 5.32 Å². The van der Waals surface area contributed by atoms with Crippen molar-refractivity contribution in [3.63, 3.8) is 0 Å². The van der Waals surface area contributed by atoms with Crippen LogP contribution in [0.4, 0.5) is 13.2 Å². The van der Waals surface area contributed by atoms with Crippen LogP contribution in [0.1, 0.15) is 13.3 Å². The molecule has 1 aliphatic heterocycles. The lowest BCUT2D eigenvalue weighted by Crippen LogP contribution is -2.52. The molecule has 0 aliphatic carbocycles. The van der Waals surface area contributed by atoms with Crippen molar-refractivity contribution in [3.8, 4) is 0 Å². The average molecular weight is 224 g/mol. The van der Waals surface area contributed by atoms with Crippen molar-refractivity contribution in [2.24, 2.45) is 5.41 Å². The fourth-order valence-corrected chi connectivity index (χ4v) is 1.75. The number of nitrogens with one attached hydrogen (secondary N) is 1. The number of amides is 1. The van der Waals surface area contributed by atoms with Gasteiger partial charge in [0.1, 0.15) is 0 Å². The number of rotatable bonds is 2. The highest BCUT2D eigenvalue weighted by molar-refractivity contribution is 5.84. The minimum atomic E-state index is -4.48. The molecule has 0 aromatic carbocycles. The molecule has 6 heteroatoms. The zero-order valence-corrected chi connectivity index (χ0v) is 8.82. The van der Waals surface area contributed by atoms with Gasteiger partial charge in [0, 0.05) is 20.1 Å². The fraction of sp³-hybridized carbons (Fsp3) is 0.889. The Hall–Kier alpha value is -0.780. The third-order valence-corrected chi connectivity index (χ3v) is 2.93. The molecule has 1 saturated heterocycles. The summed E-state index contributed by atoms with van der Waals surface area (Å²) in [6.45, 7) is 1.88. The van der Waals surface area contributed by atoms with Crippen LogP contribution in [0.5, 0.6) is 0 Å². The van der Waals surface area contributed by atoms with Gasteiger partial charge in [0.15, 0.2) is 5.41 Å². The largest absolute Gasteiger partial charge is 0.404 e. The van der Waals surface area contributed by atoms with Crippen molar-refractivity contribution < 1.29 is 18.0 Å². The molecule has 1 heterocycles. The van der Waals surface area contributed by atoms with E-state index in [0.717, 1.165) is 4.90 Å². The topological polar surface area (TPSA) is 32.3 Å². The SMILES string of the molecule is CCN(C)C(=O)C1(C(F)(F)F)CCNC1. The first-order chi connectivity index (χ1) is 6.85. The van der Waals surface area contributed by atoms with Crippen molar-refractivity contribution in [2.45, 2.75) is 19.5 Å².